The normalized spacial score (nSPS) is 11.0. The Labute approximate surface area is 161 Å². The number of nitrogens with one attached hydrogen (secondary N) is 1. The van der Waals surface area contributed by atoms with Gasteiger partial charge in [0, 0.05) is 6.42 Å². The molecule has 3 aromatic rings. The molecule has 1 N–H and O–H groups in total. The molecule has 3 nitrogen and oxygen atoms in total. The van der Waals surface area contributed by atoms with E-state index in [1.807, 2.05) is 60.7 Å². The van der Waals surface area contributed by atoms with Crippen molar-refractivity contribution in [3.8, 4) is 5.75 Å². The van der Waals surface area contributed by atoms with Crippen molar-refractivity contribution in [1.82, 2.24) is 5.32 Å². The number of benzene rings is 3. The predicted octanol–water partition coefficient (Wildman–Crippen LogP) is 4.71. The SMILES string of the molecule is COc1ccc(CCC(=O)NC(C)(c2ccccc2)c2ccccc2)cc1. The van der Waals surface area contributed by atoms with Crippen LogP contribution >= 0.6 is 0 Å². The molecule has 3 aromatic carbocycles. The average Bonchev–Trinajstić information content (AvgIpc) is 2.74. The van der Waals surface area contributed by atoms with Gasteiger partial charge in [-0.1, -0.05) is 72.8 Å². The first-order valence-corrected chi connectivity index (χ1v) is 9.17. The molecule has 0 aromatic heterocycles. The number of rotatable bonds is 7. The summed E-state index contributed by atoms with van der Waals surface area (Å²) in [5.41, 5.74) is 2.68. The van der Waals surface area contributed by atoms with Crippen LogP contribution in [0.3, 0.4) is 0 Å². The van der Waals surface area contributed by atoms with E-state index >= 15 is 0 Å². The number of hydrogen-bond donors (Lipinski definition) is 1. The van der Waals surface area contributed by atoms with E-state index in [1.165, 1.54) is 0 Å². The van der Waals surface area contributed by atoms with E-state index in [4.69, 9.17) is 4.74 Å². The van der Waals surface area contributed by atoms with Crippen molar-refractivity contribution >= 4 is 5.91 Å². The van der Waals surface area contributed by atoms with Gasteiger partial charge in [0.25, 0.3) is 0 Å². The summed E-state index contributed by atoms with van der Waals surface area (Å²) in [6, 6.07) is 28.0. The standard InChI is InChI=1S/C24H25NO2/c1-24(20-9-5-3-6-10-20,21-11-7-4-8-12-21)25-23(26)18-15-19-13-16-22(27-2)17-14-19/h3-14,16-17H,15,18H2,1-2H3,(H,25,26). The lowest BCUT2D eigenvalue weighted by Gasteiger charge is -2.32. The number of amides is 1. The molecule has 0 unspecified atom stereocenters. The molecule has 0 bridgehead atoms. The van der Waals surface area contributed by atoms with Crippen LogP contribution < -0.4 is 10.1 Å². The first kappa shape index (κ1) is 18.7. The smallest absolute Gasteiger partial charge is 0.221 e. The maximum absolute atomic E-state index is 12.8. The molecule has 3 rings (SSSR count). The fourth-order valence-corrected chi connectivity index (χ4v) is 3.25. The van der Waals surface area contributed by atoms with Gasteiger partial charge in [0.05, 0.1) is 12.6 Å². The van der Waals surface area contributed by atoms with E-state index in [-0.39, 0.29) is 5.91 Å². The van der Waals surface area contributed by atoms with Crippen LogP contribution in [0.2, 0.25) is 0 Å². The van der Waals surface area contributed by atoms with Crippen LogP contribution in [0.15, 0.2) is 84.9 Å². The van der Waals surface area contributed by atoms with Crippen LogP contribution in [0.25, 0.3) is 0 Å². The second-order valence-corrected chi connectivity index (χ2v) is 6.75. The van der Waals surface area contributed by atoms with Gasteiger partial charge in [-0.25, -0.2) is 0 Å². The molecular formula is C24H25NO2. The molecule has 0 aliphatic carbocycles. The summed E-state index contributed by atoms with van der Waals surface area (Å²) in [4.78, 5) is 12.8. The molecule has 0 aliphatic heterocycles. The van der Waals surface area contributed by atoms with Crippen molar-refractivity contribution in [1.29, 1.82) is 0 Å². The molecule has 138 valence electrons. The first-order valence-electron chi connectivity index (χ1n) is 9.17. The van der Waals surface area contributed by atoms with Crippen molar-refractivity contribution in [2.24, 2.45) is 0 Å². The second kappa shape index (κ2) is 8.54. The number of carbonyl (C=O) groups excluding carboxylic acids is 1. The Hall–Kier alpha value is -3.07. The minimum atomic E-state index is -0.570. The number of aryl methyl sites for hydroxylation is 1. The predicted molar refractivity (Wildman–Crippen MR) is 109 cm³/mol. The van der Waals surface area contributed by atoms with Crippen molar-refractivity contribution < 1.29 is 9.53 Å². The molecule has 1 amide bonds. The third kappa shape index (κ3) is 4.56. The lowest BCUT2D eigenvalue weighted by Crippen LogP contribution is -2.44. The fourth-order valence-electron chi connectivity index (χ4n) is 3.25. The van der Waals surface area contributed by atoms with Crippen LogP contribution in [-0.4, -0.2) is 13.0 Å². The molecule has 0 atom stereocenters. The van der Waals surface area contributed by atoms with Crippen LogP contribution in [-0.2, 0) is 16.8 Å². The third-order valence-corrected chi connectivity index (χ3v) is 4.89. The zero-order valence-electron chi connectivity index (χ0n) is 15.8. The van der Waals surface area contributed by atoms with Gasteiger partial charge in [0.15, 0.2) is 0 Å². The maximum atomic E-state index is 12.8. The number of hydrogen-bond acceptors (Lipinski definition) is 2. The zero-order chi connectivity index (χ0) is 19.1. The first-order chi connectivity index (χ1) is 13.1. The van der Waals surface area contributed by atoms with Crippen molar-refractivity contribution in [2.45, 2.75) is 25.3 Å². The fraction of sp³-hybridized carbons (Fsp3) is 0.208. The second-order valence-electron chi connectivity index (χ2n) is 6.75. The highest BCUT2D eigenvalue weighted by Gasteiger charge is 2.30. The van der Waals surface area contributed by atoms with E-state index in [0.717, 1.165) is 22.4 Å². The van der Waals surface area contributed by atoms with Crippen LogP contribution in [0.4, 0.5) is 0 Å². The van der Waals surface area contributed by atoms with Gasteiger partial charge in [-0.2, -0.15) is 0 Å². The van der Waals surface area contributed by atoms with Crippen molar-refractivity contribution in [3.05, 3.63) is 102 Å². The molecule has 0 spiro atoms. The lowest BCUT2D eigenvalue weighted by molar-refractivity contribution is -0.122. The molecule has 27 heavy (non-hydrogen) atoms. The summed E-state index contributed by atoms with van der Waals surface area (Å²) in [5, 5.41) is 3.26. The number of carbonyl (C=O) groups is 1. The molecule has 0 fully saturated rings. The Morgan fingerprint density at radius 3 is 1.85 bits per heavy atom. The maximum Gasteiger partial charge on any atom is 0.221 e. The lowest BCUT2D eigenvalue weighted by atomic mass is 9.84. The summed E-state index contributed by atoms with van der Waals surface area (Å²) in [7, 11) is 1.65. The highest BCUT2D eigenvalue weighted by atomic mass is 16.5. The Morgan fingerprint density at radius 2 is 1.37 bits per heavy atom. The molecule has 0 saturated heterocycles. The van der Waals surface area contributed by atoms with Gasteiger partial charge < -0.3 is 10.1 Å². The molecule has 0 radical (unpaired) electrons. The van der Waals surface area contributed by atoms with Gasteiger partial charge in [-0.05, 0) is 42.2 Å². The minimum Gasteiger partial charge on any atom is -0.497 e. The average molecular weight is 359 g/mol. The number of methoxy groups -OCH3 is 1. The van der Waals surface area contributed by atoms with Gasteiger partial charge >= 0.3 is 0 Å². The summed E-state index contributed by atoms with van der Waals surface area (Å²) >= 11 is 0. The van der Waals surface area contributed by atoms with E-state index in [1.54, 1.807) is 7.11 Å². The monoisotopic (exact) mass is 359 g/mol. The van der Waals surface area contributed by atoms with Gasteiger partial charge in [-0.15, -0.1) is 0 Å². The van der Waals surface area contributed by atoms with E-state index < -0.39 is 5.54 Å². The van der Waals surface area contributed by atoms with E-state index in [0.29, 0.717) is 12.8 Å². The Balaban J connectivity index is 1.75. The highest BCUT2D eigenvalue weighted by Crippen LogP contribution is 2.29. The Bertz CT molecular complexity index is 818. The third-order valence-electron chi connectivity index (χ3n) is 4.89. The molecule has 0 heterocycles. The highest BCUT2D eigenvalue weighted by molar-refractivity contribution is 5.78. The molecular weight excluding hydrogens is 334 g/mol. The number of ether oxygens (including phenoxy) is 1. The van der Waals surface area contributed by atoms with Gasteiger partial charge in [0.1, 0.15) is 5.75 Å². The molecule has 0 saturated carbocycles. The van der Waals surface area contributed by atoms with Crippen LogP contribution in [0.5, 0.6) is 5.75 Å². The van der Waals surface area contributed by atoms with E-state index in [2.05, 4.69) is 36.5 Å². The van der Waals surface area contributed by atoms with Gasteiger partial charge in [-0.3, -0.25) is 4.79 Å². The zero-order valence-corrected chi connectivity index (χ0v) is 15.8. The van der Waals surface area contributed by atoms with Gasteiger partial charge in [0.2, 0.25) is 5.91 Å². The summed E-state index contributed by atoms with van der Waals surface area (Å²) < 4.78 is 5.18. The topological polar surface area (TPSA) is 38.3 Å². The minimum absolute atomic E-state index is 0.0287. The van der Waals surface area contributed by atoms with Crippen LogP contribution in [0.1, 0.15) is 30.0 Å². The quantitative estimate of drug-likeness (QED) is 0.663. The molecule has 3 heteroatoms. The van der Waals surface area contributed by atoms with Crippen LogP contribution in [0, 0.1) is 0 Å². The summed E-state index contributed by atoms with van der Waals surface area (Å²) in [6.07, 6.45) is 1.12. The van der Waals surface area contributed by atoms with Crippen molar-refractivity contribution in [3.63, 3.8) is 0 Å². The Morgan fingerprint density at radius 1 is 0.852 bits per heavy atom. The van der Waals surface area contributed by atoms with E-state index in [9.17, 15) is 4.79 Å². The van der Waals surface area contributed by atoms with Crippen molar-refractivity contribution in [2.75, 3.05) is 7.11 Å². The Kier molecular flexibility index (Phi) is 5.92. The summed E-state index contributed by atoms with van der Waals surface area (Å²) in [6.45, 7) is 2.06. The largest absolute Gasteiger partial charge is 0.497 e. The summed E-state index contributed by atoms with van der Waals surface area (Å²) in [5.74, 6) is 0.852. The molecule has 0 aliphatic rings.